The van der Waals surface area contributed by atoms with Crippen molar-refractivity contribution in [1.82, 2.24) is 15.2 Å². The standard InChI is InChI=1S/C17H16BrN5/c1-11-6-5-9-14(12(11)2)21-17-22-16(10-19-23-17)20-15-8-4-3-7-13(15)18/h3-10H,1-2H3,(H2,20,21,22,23). The van der Waals surface area contributed by atoms with Gasteiger partial charge >= 0.3 is 0 Å². The zero-order valence-corrected chi connectivity index (χ0v) is 14.4. The van der Waals surface area contributed by atoms with Crippen LogP contribution in [0.15, 0.2) is 53.1 Å². The summed E-state index contributed by atoms with van der Waals surface area (Å²) in [6, 6.07) is 13.9. The summed E-state index contributed by atoms with van der Waals surface area (Å²) in [5.74, 6) is 1.08. The van der Waals surface area contributed by atoms with Gasteiger partial charge in [0.05, 0.1) is 11.9 Å². The van der Waals surface area contributed by atoms with Gasteiger partial charge in [0, 0.05) is 10.2 Å². The Morgan fingerprint density at radius 2 is 1.70 bits per heavy atom. The van der Waals surface area contributed by atoms with Gasteiger partial charge in [-0.3, -0.25) is 0 Å². The summed E-state index contributed by atoms with van der Waals surface area (Å²) >= 11 is 3.50. The second-order valence-electron chi connectivity index (χ2n) is 5.14. The van der Waals surface area contributed by atoms with Crippen LogP contribution >= 0.6 is 15.9 Å². The normalized spacial score (nSPS) is 10.4. The van der Waals surface area contributed by atoms with Crippen LogP contribution in [0.2, 0.25) is 0 Å². The molecule has 1 heterocycles. The maximum atomic E-state index is 4.46. The van der Waals surface area contributed by atoms with Crippen LogP contribution in [0.3, 0.4) is 0 Å². The summed E-state index contributed by atoms with van der Waals surface area (Å²) in [6.07, 6.45) is 1.59. The van der Waals surface area contributed by atoms with Gasteiger partial charge in [-0.1, -0.05) is 24.3 Å². The maximum Gasteiger partial charge on any atom is 0.249 e. The average molecular weight is 370 g/mol. The van der Waals surface area contributed by atoms with Crippen LogP contribution in [-0.2, 0) is 0 Å². The minimum absolute atomic E-state index is 0.454. The molecule has 0 amide bonds. The van der Waals surface area contributed by atoms with Crippen molar-refractivity contribution in [2.75, 3.05) is 10.6 Å². The summed E-state index contributed by atoms with van der Waals surface area (Å²) in [4.78, 5) is 4.46. The molecule has 0 aliphatic rings. The van der Waals surface area contributed by atoms with Gasteiger partial charge in [-0.15, -0.1) is 5.10 Å². The van der Waals surface area contributed by atoms with E-state index in [-0.39, 0.29) is 0 Å². The lowest BCUT2D eigenvalue weighted by Gasteiger charge is -2.11. The first kappa shape index (κ1) is 15.4. The molecule has 0 aliphatic heterocycles. The van der Waals surface area contributed by atoms with E-state index in [0.717, 1.165) is 15.8 Å². The molecule has 0 saturated heterocycles. The number of nitrogens with one attached hydrogen (secondary N) is 2. The van der Waals surface area contributed by atoms with Crippen molar-refractivity contribution in [3.8, 4) is 0 Å². The predicted molar refractivity (Wildman–Crippen MR) is 96.5 cm³/mol. The van der Waals surface area contributed by atoms with Crippen molar-refractivity contribution in [3.05, 3.63) is 64.3 Å². The van der Waals surface area contributed by atoms with Crippen molar-refractivity contribution in [2.24, 2.45) is 0 Å². The van der Waals surface area contributed by atoms with E-state index in [4.69, 9.17) is 0 Å². The third-order valence-electron chi connectivity index (χ3n) is 3.55. The predicted octanol–water partition coefficient (Wildman–Crippen LogP) is 4.74. The highest BCUT2D eigenvalue weighted by Crippen LogP contribution is 2.25. The highest BCUT2D eigenvalue weighted by Gasteiger charge is 2.06. The molecule has 0 spiro atoms. The van der Waals surface area contributed by atoms with Crippen LogP contribution in [0.4, 0.5) is 23.1 Å². The zero-order valence-electron chi connectivity index (χ0n) is 12.8. The Morgan fingerprint density at radius 1 is 0.913 bits per heavy atom. The molecule has 0 bridgehead atoms. The molecule has 0 radical (unpaired) electrons. The second-order valence-corrected chi connectivity index (χ2v) is 6.00. The first-order valence-electron chi connectivity index (χ1n) is 7.18. The number of para-hydroxylation sites is 1. The summed E-state index contributed by atoms with van der Waals surface area (Å²) in [5, 5.41) is 14.5. The quantitative estimate of drug-likeness (QED) is 0.695. The molecule has 1 aromatic heterocycles. The third kappa shape index (κ3) is 3.65. The number of hydrogen-bond donors (Lipinski definition) is 2. The summed E-state index contributed by atoms with van der Waals surface area (Å²) in [7, 11) is 0. The van der Waals surface area contributed by atoms with Gasteiger partial charge in [0.25, 0.3) is 0 Å². The van der Waals surface area contributed by atoms with Crippen molar-refractivity contribution in [1.29, 1.82) is 0 Å². The minimum Gasteiger partial charge on any atom is -0.338 e. The Bertz CT molecular complexity index is 835. The fourth-order valence-corrected chi connectivity index (χ4v) is 2.51. The van der Waals surface area contributed by atoms with Gasteiger partial charge in [-0.2, -0.15) is 10.1 Å². The molecule has 2 aromatic carbocycles. The first-order valence-corrected chi connectivity index (χ1v) is 7.97. The van der Waals surface area contributed by atoms with Crippen LogP contribution in [0, 0.1) is 13.8 Å². The van der Waals surface area contributed by atoms with Crippen LogP contribution in [-0.4, -0.2) is 15.2 Å². The Balaban J connectivity index is 1.83. The number of rotatable bonds is 4. The SMILES string of the molecule is Cc1cccc(Nc2nncc(Nc3ccccc3Br)n2)c1C. The lowest BCUT2D eigenvalue weighted by atomic mass is 10.1. The Kier molecular flexibility index (Phi) is 4.52. The van der Waals surface area contributed by atoms with E-state index in [2.05, 4.69) is 61.7 Å². The van der Waals surface area contributed by atoms with Crippen molar-refractivity contribution in [2.45, 2.75) is 13.8 Å². The van der Waals surface area contributed by atoms with Gasteiger partial charge in [0.1, 0.15) is 0 Å². The molecule has 5 nitrogen and oxygen atoms in total. The number of halogens is 1. The Hall–Kier alpha value is -2.47. The molecule has 0 fully saturated rings. The molecule has 116 valence electrons. The second kappa shape index (κ2) is 6.75. The average Bonchev–Trinajstić information content (AvgIpc) is 2.55. The van der Waals surface area contributed by atoms with E-state index >= 15 is 0 Å². The van der Waals surface area contributed by atoms with Crippen LogP contribution in [0.5, 0.6) is 0 Å². The minimum atomic E-state index is 0.454. The largest absolute Gasteiger partial charge is 0.338 e. The van der Waals surface area contributed by atoms with E-state index in [9.17, 15) is 0 Å². The number of aromatic nitrogens is 3. The zero-order chi connectivity index (χ0) is 16.2. The molecular formula is C17H16BrN5. The van der Waals surface area contributed by atoms with Crippen LogP contribution < -0.4 is 10.6 Å². The van der Waals surface area contributed by atoms with E-state index in [1.807, 2.05) is 36.4 Å². The third-order valence-corrected chi connectivity index (χ3v) is 4.24. The van der Waals surface area contributed by atoms with Gasteiger partial charge in [0.15, 0.2) is 5.82 Å². The molecule has 0 saturated carbocycles. The fraction of sp³-hybridized carbons (Fsp3) is 0.118. The highest BCUT2D eigenvalue weighted by atomic mass is 79.9. The van der Waals surface area contributed by atoms with Crippen molar-refractivity contribution < 1.29 is 0 Å². The molecule has 2 N–H and O–H groups in total. The molecule has 0 aliphatic carbocycles. The number of aryl methyl sites for hydroxylation is 1. The number of benzene rings is 2. The fourth-order valence-electron chi connectivity index (χ4n) is 2.12. The van der Waals surface area contributed by atoms with E-state index in [1.54, 1.807) is 6.20 Å². The van der Waals surface area contributed by atoms with E-state index in [1.165, 1.54) is 11.1 Å². The maximum absolute atomic E-state index is 4.46. The summed E-state index contributed by atoms with van der Waals surface area (Å²) in [6.45, 7) is 4.14. The number of anilines is 4. The van der Waals surface area contributed by atoms with Crippen LogP contribution in [0.25, 0.3) is 0 Å². The first-order chi connectivity index (χ1) is 11.1. The molecule has 3 rings (SSSR count). The molecule has 0 atom stereocenters. The Morgan fingerprint density at radius 3 is 2.52 bits per heavy atom. The van der Waals surface area contributed by atoms with Gasteiger partial charge < -0.3 is 10.6 Å². The highest BCUT2D eigenvalue weighted by molar-refractivity contribution is 9.10. The number of hydrogen-bond acceptors (Lipinski definition) is 5. The Labute approximate surface area is 143 Å². The smallest absolute Gasteiger partial charge is 0.249 e. The van der Waals surface area contributed by atoms with E-state index in [0.29, 0.717) is 11.8 Å². The van der Waals surface area contributed by atoms with Crippen molar-refractivity contribution in [3.63, 3.8) is 0 Å². The lowest BCUT2D eigenvalue weighted by molar-refractivity contribution is 0.981. The van der Waals surface area contributed by atoms with E-state index < -0.39 is 0 Å². The molecule has 3 aromatic rings. The summed E-state index contributed by atoms with van der Waals surface area (Å²) in [5.41, 5.74) is 4.28. The lowest BCUT2D eigenvalue weighted by Crippen LogP contribution is -2.03. The molecule has 6 heteroatoms. The molecular weight excluding hydrogens is 354 g/mol. The van der Waals surface area contributed by atoms with Gasteiger partial charge in [-0.05, 0) is 59.1 Å². The van der Waals surface area contributed by atoms with Crippen molar-refractivity contribution >= 4 is 39.1 Å². The molecule has 23 heavy (non-hydrogen) atoms. The topological polar surface area (TPSA) is 62.7 Å². The van der Waals surface area contributed by atoms with Crippen LogP contribution in [0.1, 0.15) is 11.1 Å². The summed E-state index contributed by atoms with van der Waals surface area (Å²) < 4.78 is 0.961. The molecule has 0 unspecified atom stereocenters. The van der Waals surface area contributed by atoms with Gasteiger partial charge in [-0.25, -0.2) is 0 Å². The monoisotopic (exact) mass is 369 g/mol. The van der Waals surface area contributed by atoms with Gasteiger partial charge in [0.2, 0.25) is 5.95 Å². The number of nitrogens with zero attached hydrogens (tertiary/aromatic N) is 3.